The van der Waals surface area contributed by atoms with E-state index in [1.807, 2.05) is 60.4 Å². The summed E-state index contributed by atoms with van der Waals surface area (Å²) < 4.78 is 10.5. The molecule has 0 saturated carbocycles. The molecular weight excluding hydrogens is 304 g/mol. The van der Waals surface area contributed by atoms with Crippen molar-refractivity contribution in [1.82, 2.24) is 0 Å². The number of para-hydroxylation sites is 2. The highest BCUT2D eigenvalue weighted by Crippen LogP contribution is 2.15. The monoisotopic (exact) mass is 324 g/mol. The van der Waals surface area contributed by atoms with Gasteiger partial charge in [0.05, 0.1) is 12.6 Å². The molecule has 0 saturated heterocycles. The Kier molecular flexibility index (Phi) is 6.66. The maximum atomic E-state index is 11.7. The molecule has 0 bridgehead atoms. The molecule has 0 aliphatic heterocycles. The van der Waals surface area contributed by atoms with Crippen LogP contribution in [0, 0.1) is 11.3 Å². The fourth-order valence-electron chi connectivity index (χ4n) is 2.19. The average molecular weight is 324 g/mol. The second-order valence-electron chi connectivity index (χ2n) is 5.16. The van der Waals surface area contributed by atoms with Gasteiger partial charge in [0.2, 0.25) is 0 Å². The average Bonchev–Trinajstić information content (AvgIpc) is 2.64. The summed E-state index contributed by atoms with van der Waals surface area (Å²) in [6.45, 7) is 2.31. The van der Waals surface area contributed by atoms with Crippen LogP contribution in [0.2, 0.25) is 0 Å². The molecule has 0 N–H and O–H groups in total. The van der Waals surface area contributed by atoms with Gasteiger partial charge in [-0.1, -0.05) is 36.4 Å². The number of carbonyl (C=O) groups is 1. The summed E-state index contributed by atoms with van der Waals surface area (Å²) in [5.74, 6) is 0.190. The molecule has 1 atom stereocenters. The van der Waals surface area contributed by atoms with E-state index >= 15 is 0 Å². The lowest BCUT2D eigenvalue weighted by atomic mass is 10.2. The van der Waals surface area contributed by atoms with E-state index in [0.29, 0.717) is 12.3 Å². The van der Waals surface area contributed by atoms with E-state index in [1.54, 1.807) is 12.1 Å². The molecule has 0 fully saturated rings. The molecule has 0 amide bonds. The van der Waals surface area contributed by atoms with Crippen molar-refractivity contribution in [1.29, 1.82) is 5.26 Å². The highest BCUT2D eigenvalue weighted by molar-refractivity contribution is 5.71. The fraction of sp³-hybridized carbons (Fsp3) is 0.263. The largest absolute Gasteiger partial charge is 0.482 e. The van der Waals surface area contributed by atoms with Gasteiger partial charge in [0.25, 0.3) is 0 Å². The molecule has 1 unspecified atom stereocenters. The normalized spacial score (nSPS) is 11.2. The number of ether oxygens (including phenoxy) is 2. The summed E-state index contributed by atoms with van der Waals surface area (Å²) in [5, 5.41) is 9.17. The van der Waals surface area contributed by atoms with Gasteiger partial charge in [-0.2, -0.15) is 5.26 Å². The molecule has 0 aliphatic rings. The Balaban J connectivity index is 1.80. The van der Waals surface area contributed by atoms with E-state index in [1.165, 1.54) is 0 Å². The Morgan fingerprint density at radius 1 is 1.12 bits per heavy atom. The van der Waals surface area contributed by atoms with Crippen molar-refractivity contribution < 1.29 is 14.3 Å². The molecule has 2 rings (SSSR count). The van der Waals surface area contributed by atoms with Crippen LogP contribution in [0.1, 0.15) is 6.92 Å². The third-order valence-electron chi connectivity index (χ3n) is 3.44. The fourth-order valence-corrected chi connectivity index (χ4v) is 2.19. The van der Waals surface area contributed by atoms with E-state index in [0.717, 1.165) is 5.69 Å². The highest BCUT2D eigenvalue weighted by atomic mass is 16.6. The summed E-state index contributed by atoms with van der Waals surface area (Å²) in [5.41, 5.74) is 0.920. The van der Waals surface area contributed by atoms with Gasteiger partial charge < -0.3 is 14.4 Å². The Morgan fingerprint density at radius 3 is 2.38 bits per heavy atom. The van der Waals surface area contributed by atoms with Crippen LogP contribution in [-0.2, 0) is 9.53 Å². The minimum absolute atomic E-state index is 0.136. The first-order valence-corrected chi connectivity index (χ1v) is 7.75. The standard InChI is InChI=1S/C19H20N2O3/c1-16(14-20)21(17-8-4-2-5-9-17)12-13-23-19(22)15-24-18-10-6-3-7-11-18/h2-11,16H,12-13,15H2,1H3. The predicted octanol–water partition coefficient (Wildman–Crippen LogP) is 3.03. The topological polar surface area (TPSA) is 62.6 Å². The lowest BCUT2D eigenvalue weighted by molar-refractivity contribution is -0.145. The van der Waals surface area contributed by atoms with Crippen LogP contribution in [-0.4, -0.2) is 31.8 Å². The third kappa shape index (κ3) is 5.33. The summed E-state index contributed by atoms with van der Waals surface area (Å²) in [6.07, 6.45) is 0. The minimum atomic E-state index is -0.434. The van der Waals surface area contributed by atoms with Gasteiger partial charge in [-0.05, 0) is 31.2 Å². The number of anilines is 1. The summed E-state index contributed by atoms with van der Waals surface area (Å²) in [7, 11) is 0. The van der Waals surface area contributed by atoms with Crippen LogP contribution in [0.4, 0.5) is 5.69 Å². The van der Waals surface area contributed by atoms with Crippen molar-refractivity contribution in [3.05, 3.63) is 60.7 Å². The van der Waals surface area contributed by atoms with Crippen LogP contribution in [0.25, 0.3) is 0 Å². The van der Waals surface area contributed by atoms with Crippen molar-refractivity contribution in [3.63, 3.8) is 0 Å². The molecule has 2 aromatic carbocycles. The third-order valence-corrected chi connectivity index (χ3v) is 3.44. The van der Waals surface area contributed by atoms with Crippen molar-refractivity contribution in [2.24, 2.45) is 0 Å². The number of nitrogens with zero attached hydrogens (tertiary/aromatic N) is 2. The Hall–Kier alpha value is -3.00. The van der Waals surface area contributed by atoms with Gasteiger partial charge in [-0.25, -0.2) is 4.79 Å². The van der Waals surface area contributed by atoms with Crippen LogP contribution < -0.4 is 9.64 Å². The Morgan fingerprint density at radius 2 is 1.75 bits per heavy atom. The molecule has 0 aromatic heterocycles. The second-order valence-corrected chi connectivity index (χ2v) is 5.16. The van der Waals surface area contributed by atoms with E-state index in [-0.39, 0.29) is 19.3 Å². The minimum Gasteiger partial charge on any atom is -0.482 e. The second kappa shape index (κ2) is 9.21. The molecular formula is C19H20N2O3. The zero-order valence-electron chi connectivity index (χ0n) is 13.6. The maximum Gasteiger partial charge on any atom is 0.344 e. The first-order chi connectivity index (χ1) is 11.7. The summed E-state index contributed by atoms with van der Waals surface area (Å²) in [6, 6.07) is 20.6. The zero-order valence-corrected chi connectivity index (χ0v) is 13.6. The van der Waals surface area contributed by atoms with Gasteiger partial charge in [-0.15, -0.1) is 0 Å². The number of rotatable bonds is 8. The van der Waals surface area contributed by atoms with Crippen LogP contribution >= 0.6 is 0 Å². The molecule has 124 valence electrons. The van der Waals surface area contributed by atoms with Crippen LogP contribution in [0.15, 0.2) is 60.7 Å². The van der Waals surface area contributed by atoms with Gasteiger partial charge in [0.15, 0.2) is 6.61 Å². The lowest BCUT2D eigenvalue weighted by Crippen LogP contribution is -2.35. The maximum absolute atomic E-state index is 11.7. The van der Waals surface area contributed by atoms with Gasteiger partial charge in [0.1, 0.15) is 18.4 Å². The molecule has 5 heteroatoms. The quantitative estimate of drug-likeness (QED) is 0.699. The Labute approximate surface area is 142 Å². The van der Waals surface area contributed by atoms with Gasteiger partial charge in [-0.3, -0.25) is 0 Å². The molecule has 0 spiro atoms. The van der Waals surface area contributed by atoms with Crippen molar-refractivity contribution in [2.75, 3.05) is 24.7 Å². The first-order valence-electron chi connectivity index (χ1n) is 7.75. The van der Waals surface area contributed by atoms with Gasteiger partial charge in [0, 0.05) is 5.69 Å². The predicted molar refractivity (Wildman–Crippen MR) is 91.8 cm³/mol. The number of esters is 1. The number of carbonyl (C=O) groups excluding carboxylic acids is 1. The Bertz CT molecular complexity index is 668. The number of hydrogen-bond donors (Lipinski definition) is 0. The molecule has 0 radical (unpaired) electrons. The number of nitriles is 1. The van der Waals surface area contributed by atoms with Crippen molar-refractivity contribution >= 4 is 11.7 Å². The summed E-state index contributed by atoms with van der Waals surface area (Å²) in [4.78, 5) is 13.6. The van der Waals surface area contributed by atoms with E-state index in [9.17, 15) is 4.79 Å². The molecule has 2 aromatic rings. The van der Waals surface area contributed by atoms with Crippen molar-refractivity contribution in [3.8, 4) is 11.8 Å². The molecule has 0 heterocycles. The molecule has 5 nitrogen and oxygen atoms in total. The zero-order chi connectivity index (χ0) is 17.2. The highest BCUT2D eigenvalue weighted by Gasteiger charge is 2.14. The molecule has 0 aliphatic carbocycles. The van der Waals surface area contributed by atoms with Crippen LogP contribution in [0.5, 0.6) is 5.75 Å². The smallest absolute Gasteiger partial charge is 0.344 e. The van der Waals surface area contributed by atoms with Crippen LogP contribution in [0.3, 0.4) is 0 Å². The lowest BCUT2D eigenvalue weighted by Gasteiger charge is -2.26. The van der Waals surface area contributed by atoms with Crippen molar-refractivity contribution in [2.45, 2.75) is 13.0 Å². The SMILES string of the molecule is CC(C#N)N(CCOC(=O)COc1ccccc1)c1ccccc1. The molecule has 24 heavy (non-hydrogen) atoms. The first kappa shape index (κ1) is 17.4. The van der Waals surface area contributed by atoms with E-state index < -0.39 is 5.97 Å². The number of hydrogen-bond acceptors (Lipinski definition) is 5. The summed E-state index contributed by atoms with van der Waals surface area (Å²) >= 11 is 0. The van der Waals surface area contributed by atoms with E-state index in [2.05, 4.69) is 6.07 Å². The number of benzene rings is 2. The van der Waals surface area contributed by atoms with Gasteiger partial charge >= 0.3 is 5.97 Å². The van der Waals surface area contributed by atoms with E-state index in [4.69, 9.17) is 14.7 Å².